The van der Waals surface area contributed by atoms with Gasteiger partial charge < -0.3 is 19.9 Å². The van der Waals surface area contributed by atoms with Crippen LogP contribution >= 0.6 is 0 Å². The van der Waals surface area contributed by atoms with Gasteiger partial charge in [-0.3, -0.25) is 14.6 Å². The second kappa shape index (κ2) is 10.0. The van der Waals surface area contributed by atoms with Crippen molar-refractivity contribution < 1.29 is 19.0 Å². The van der Waals surface area contributed by atoms with Crippen molar-refractivity contribution in [3.8, 4) is 28.9 Å². The number of hydrogen-bond acceptors (Lipinski definition) is 9. The fourth-order valence-electron chi connectivity index (χ4n) is 6.80. The van der Waals surface area contributed by atoms with E-state index in [1.165, 1.54) is 17.8 Å². The van der Waals surface area contributed by atoms with E-state index >= 15 is 0 Å². The first-order valence-electron chi connectivity index (χ1n) is 13.9. The quantitative estimate of drug-likeness (QED) is 0.248. The number of nitrogens with zero attached hydrogens (tertiary/aromatic N) is 7. The van der Waals surface area contributed by atoms with Gasteiger partial charge in [-0.2, -0.15) is 15.5 Å². The summed E-state index contributed by atoms with van der Waals surface area (Å²) in [5.41, 5.74) is 4.97. The van der Waals surface area contributed by atoms with E-state index in [1.807, 2.05) is 12.3 Å². The fraction of sp³-hybridized carbons (Fsp3) is 0.448. The number of aromatic nitrogens is 5. The van der Waals surface area contributed by atoms with Gasteiger partial charge in [0.2, 0.25) is 0 Å². The Bertz CT molecular complexity index is 1630. The van der Waals surface area contributed by atoms with Gasteiger partial charge in [0, 0.05) is 36.9 Å². The fourth-order valence-corrected chi connectivity index (χ4v) is 6.80. The molecular weight excluding hydrogens is 527 g/mol. The molecule has 4 aromatic heterocycles. The van der Waals surface area contributed by atoms with Crippen LogP contribution in [-0.2, 0) is 13.1 Å². The Morgan fingerprint density at radius 1 is 1.22 bits per heavy atom. The van der Waals surface area contributed by atoms with Gasteiger partial charge in [-0.05, 0) is 55.4 Å². The molecule has 3 aliphatic rings. The molecule has 2 fully saturated rings. The summed E-state index contributed by atoms with van der Waals surface area (Å²) in [5.74, 6) is 1.74. The number of hydrogen-bond donors (Lipinski definition) is 2. The van der Waals surface area contributed by atoms with E-state index in [1.54, 1.807) is 17.8 Å². The lowest BCUT2D eigenvalue weighted by molar-refractivity contribution is 0.114. The SMILES string of the molecule is COc1cnn2cc(-c3nn4c(c3C)CN(C3CC5C(C3)C5NC#N)CC4)cc(OC(CO)c3ccc(F)cn3)c12. The van der Waals surface area contributed by atoms with Crippen LogP contribution in [0.1, 0.15) is 35.9 Å². The van der Waals surface area contributed by atoms with Crippen LogP contribution in [0.25, 0.3) is 16.8 Å². The highest BCUT2D eigenvalue weighted by Crippen LogP contribution is 2.53. The second-order valence-electron chi connectivity index (χ2n) is 11.1. The van der Waals surface area contributed by atoms with Gasteiger partial charge in [0.05, 0.1) is 49.7 Å². The first kappa shape index (κ1) is 25.7. The Balaban J connectivity index is 1.19. The normalized spacial score (nSPS) is 24.0. The van der Waals surface area contributed by atoms with Crippen LogP contribution in [0.15, 0.2) is 36.8 Å². The molecule has 7 rings (SSSR count). The summed E-state index contributed by atoms with van der Waals surface area (Å²) < 4.78 is 29.1. The Hall–Kier alpha value is -4.21. The lowest BCUT2D eigenvalue weighted by atomic mass is 10.0. The van der Waals surface area contributed by atoms with Gasteiger partial charge in [-0.15, -0.1) is 0 Å². The van der Waals surface area contributed by atoms with Gasteiger partial charge in [0.15, 0.2) is 29.3 Å². The molecule has 0 spiro atoms. The number of methoxy groups -OCH3 is 1. The zero-order chi connectivity index (χ0) is 28.2. The maximum Gasteiger partial charge on any atom is 0.176 e. The zero-order valence-corrected chi connectivity index (χ0v) is 22.9. The monoisotopic (exact) mass is 558 g/mol. The molecule has 12 heteroatoms. The summed E-state index contributed by atoms with van der Waals surface area (Å²) in [5, 5.41) is 31.5. The standard InChI is InChI=1S/C29H31FN8O3/c1-16-23-13-36(19-8-20-21(9-19)28(20)33-15-31)5-6-37(23)35-27(16)17-7-24(29-25(40-2)11-34-38(29)12-17)41-26(14-39)22-4-3-18(30)10-32-22/h3-4,7,10-12,19-21,26,28,33,39H,5-6,8-9,13-14H2,1-2H3. The summed E-state index contributed by atoms with van der Waals surface area (Å²) in [7, 11) is 1.56. The number of aliphatic hydroxyl groups is 1. The summed E-state index contributed by atoms with van der Waals surface area (Å²) in [6, 6.07) is 5.58. The molecular formula is C29H31FN8O3. The molecule has 11 nitrogen and oxygen atoms in total. The van der Waals surface area contributed by atoms with E-state index in [2.05, 4.69) is 38.1 Å². The van der Waals surface area contributed by atoms with Gasteiger partial charge in [-0.25, -0.2) is 8.91 Å². The van der Waals surface area contributed by atoms with Crippen molar-refractivity contribution in [3.63, 3.8) is 0 Å². The molecule has 0 bridgehead atoms. The molecule has 2 saturated carbocycles. The third-order valence-electron chi connectivity index (χ3n) is 8.99. The highest BCUT2D eigenvalue weighted by Gasteiger charge is 2.57. The third kappa shape index (κ3) is 4.36. The molecule has 5 heterocycles. The summed E-state index contributed by atoms with van der Waals surface area (Å²) in [6.07, 6.45) is 8.18. The lowest BCUT2D eigenvalue weighted by Gasteiger charge is -2.34. The molecule has 0 amide bonds. The summed E-state index contributed by atoms with van der Waals surface area (Å²) in [6.45, 7) is 4.34. The molecule has 3 unspecified atom stereocenters. The number of nitriles is 1. The minimum Gasteiger partial charge on any atom is -0.493 e. The van der Waals surface area contributed by atoms with E-state index < -0.39 is 11.9 Å². The van der Waals surface area contributed by atoms with Gasteiger partial charge in [0.1, 0.15) is 5.82 Å². The molecule has 0 saturated heterocycles. The van der Waals surface area contributed by atoms with Crippen molar-refractivity contribution in [1.29, 1.82) is 5.26 Å². The molecule has 2 N–H and O–H groups in total. The van der Waals surface area contributed by atoms with Crippen LogP contribution in [0.4, 0.5) is 4.39 Å². The van der Waals surface area contributed by atoms with E-state index in [9.17, 15) is 9.50 Å². The topological polar surface area (TPSA) is 126 Å². The smallest absolute Gasteiger partial charge is 0.176 e. The predicted molar refractivity (Wildman–Crippen MR) is 145 cm³/mol. The van der Waals surface area contributed by atoms with Gasteiger partial charge in [-0.1, -0.05) is 0 Å². The first-order valence-corrected chi connectivity index (χ1v) is 13.9. The number of halogens is 1. The van der Waals surface area contributed by atoms with Crippen molar-refractivity contribution in [3.05, 3.63) is 59.6 Å². The second-order valence-corrected chi connectivity index (χ2v) is 11.1. The Kier molecular flexibility index (Phi) is 6.28. The van der Waals surface area contributed by atoms with E-state index in [-0.39, 0.29) is 6.61 Å². The molecule has 2 aliphatic carbocycles. The maximum atomic E-state index is 13.5. The number of aliphatic hydroxyl groups excluding tert-OH is 1. The van der Waals surface area contributed by atoms with Gasteiger partial charge in [0.25, 0.3) is 0 Å². The van der Waals surface area contributed by atoms with Crippen LogP contribution in [-0.4, -0.2) is 66.7 Å². The van der Waals surface area contributed by atoms with Crippen molar-refractivity contribution in [2.24, 2.45) is 11.8 Å². The average molecular weight is 559 g/mol. The van der Waals surface area contributed by atoms with Crippen LogP contribution in [0.3, 0.4) is 0 Å². The van der Waals surface area contributed by atoms with E-state index in [0.29, 0.717) is 46.6 Å². The maximum absolute atomic E-state index is 13.5. The minimum absolute atomic E-state index is 0.352. The van der Waals surface area contributed by atoms with Crippen molar-refractivity contribution in [2.45, 2.75) is 51.0 Å². The van der Waals surface area contributed by atoms with Crippen LogP contribution in [0, 0.1) is 36.0 Å². The number of rotatable bonds is 8. The van der Waals surface area contributed by atoms with Crippen LogP contribution in [0.5, 0.6) is 11.5 Å². The zero-order valence-electron chi connectivity index (χ0n) is 22.9. The largest absolute Gasteiger partial charge is 0.493 e. The summed E-state index contributed by atoms with van der Waals surface area (Å²) in [4.78, 5) is 6.67. The van der Waals surface area contributed by atoms with Crippen molar-refractivity contribution >= 4 is 5.52 Å². The van der Waals surface area contributed by atoms with Gasteiger partial charge >= 0.3 is 0 Å². The molecule has 212 valence electrons. The number of pyridine rings is 2. The molecule has 4 aromatic rings. The van der Waals surface area contributed by atoms with E-state index in [4.69, 9.17) is 19.8 Å². The van der Waals surface area contributed by atoms with E-state index in [0.717, 1.165) is 55.5 Å². The summed E-state index contributed by atoms with van der Waals surface area (Å²) >= 11 is 0. The lowest BCUT2D eigenvalue weighted by Crippen LogP contribution is -2.41. The highest BCUT2D eigenvalue weighted by atomic mass is 19.1. The molecule has 3 atom stereocenters. The molecule has 41 heavy (non-hydrogen) atoms. The minimum atomic E-state index is -0.820. The van der Waals surface area contributed by atoms with Crippen LogP contribution in [0.2, 0.25) is 0 Å². The Labute approximate surface area is 236 Å². The molecule has 1 aliphatic heterocycles. The van der Waals surface area contributed by atoms with Crippen molar-refractivity contribution in [1.82, 2.24) is 34.6 Å². The predicted octanol–water partition coefficient (Wildman–Crippen LogP) is 2.82. The van der Waals surface area contributed by atoms with Crippen LogP contribution < -0.4 is 14.8 Å². The first-order chi connectivity index (χ1) is 20.0. The molecule has 0 aromatic carbocycles. The number of fused-ring (bicyclic) bond motifs is 3. The number of nitrogens with one attached hydrogen (secondary N) is 1. The average Bonchev–Trinajstić information content (AvgIpc) is 3.36. The van der Waals surface area contributed by atoms with Crippen molar-refractivity contribution in [2.75, 3.05) is 20.3 Å². The highest BCUT2D eigenvalue weighted by molar-refractivity contribution is 5.75. The third-order valence-corrected chi connectivity index (χ3v) is 8.99. The Morgan fingerprint density at radius 2 is 2.05 bits per heavy atom. The number of ether oxygens (including phenoxy) is 2. The Morgan fingerprint density at radius 3 is 2.76 bits per heavy atom. The molecule has 0 radical (unpaired) electrons.